The van der Waals surface area contributed by atoms with Crippen LogP contribution in [0.5, 0.6) is 0 Å². The Balaban J connectivity index is 1.86. The molecule has 1 atom stereocenters. The van der Waals surface area contributed by atoms with Crippen molar-refractivity contribution < 1.29 is 18.0 Å². The smallest absolute Gasteiger partial charge is 0.244 e. The first-order chi connectivity index (χ1) is 17.1. The Morgan fingerprint density at radius 1 is 1.06 bits per heavy atom. The van der Waals surface area contributed by atoms with Crippen molar-refractivity contribution in [3.8, 4) is 0 Å². The van der Waals surface area contributed by atoms with Gasteiger partial charge in [0.05, 0.1) is 11.9 Å². The van der Waals surface area contributed by atoms with Crippen LogP contribution in [0.15, 0.2) is 48.5 Å². The van der Waals surface area contributed by atoms with E-state index in [0.717, 1.165) is 53.8 Å². The van der Waals surface area contributed by atoms with Crippen molar-refractivity contribution in [3.05, 3.63) is 64.7 Å². The highest BCUT2D eigenvalue weighted by Crippen LogP contribution is 2.22. The topological polar surface area (TPSA) is 86.8 Å². The van der Waals surface area contributed by atoms with Gasteiger partial charge < -0.3 is 10.2 Å². The average Bonchev–Trinajstić information content (AvgIpc) is 2.85. The molecule has 0 saturated heterocycles. The second-order valence-corrected chi connectivity index (χ2v) is 11.8. The Kier molecular flexibility index (Phi) is 9.79. The predicted molar refractivity (Wildman–Crippen MR) is 144 cm³/mol. The number of benzene rings is 2. The Hall–Kier alpha value is -2.58. The highest BCUT2D eigenvalue weighted by molar-refractivity contribution is 7.92. The fraction of sp³-hybridized carbons (Fsp3) is 0.481. The van der Waals surface area contributed by atoms with Crippen molar-refractivity contribution in [1.82, 2.24) is 10.2 Å². The summed E-state index contributed by atoms with van der Waals surface area (Å²) < 4.78 is 26.4. The molecule has 0 unspecified atom stereocenters. The molecule has 0 bridgehead atoms. The van der Waals surface area contributed by atoms with Gasteiger partial charge in [0.2, 0.25) is 21.8 Å². The van der Waals surface area contributed by atoms with Gasteiger partial charge in [0.1, 0.15) is 12.6 Å². The molecule has 36 heavy (non-hydrogen) atoms. The van der Waals surface area contributed by atoms with Gasteiger partial charge in [0, 0.05) is 17.6 Å². The van der Waals surface area contributed by atoms with Gasteiger partial charge in [0.15, 0.2) is 0 Å². The fourth-order valence-corrected chi connectivity index (χ4v) is 5.56. The summed E-state index contributed by atoms with van der Waals surface area (Å²) in [5.41, 5.74) is 2.23. The maximum Gasteiger partial charge on any atom is 0.244 e. The first-order valence-electron chi connectivity index (χ1n) is 12.5. The van der Waals surface area contributed by atoms with Crippen LogP contribution in [-0.2, 0) is 32.6 Å². The lowest BCUT2D eigenvalue weighted by atomic mass is 9.95. The van der Waals surface area contributed by atoms with Gasteiger partial charge in [-0.1, -0.05) is 62.1 Å². The van der Waals surface area contributed by atoms with Crippen LogP contribution in [0.25, 0.3) is 0 Å². The molecule has 2 amide bonds. The van der Waals surface area contributed by atoms with Crippen LogP contribution in [0.4, 0.5) is 5.69 Å². The molecule has 1 N–H and O–H groups in total. The molecule has 0 spiro atoms. The Morgan fingerprint density at radius 2 is 1.72 bits per heavy atom. The van der Waals surface area contributed by atoms with Crippen LogP contribution >= 0.6 is 11.6 Å². The van der Waals surface area contributed by atoms with E-state index in [1.807, 2.05) is 25.1 Å². The van der Waals surface area contributed by atoms with Crippen LogP contribution in [0, 0.1) is 0 Å². The molecule has 196 valence electrons. The second kappa shape index (κ2) is 12.6. The predicted octanol–water partition coefficient (Wildman–Crippen LogP) is 4.53. The summed E-state index contributed by atoms with van der Waals surface area (Å²) in [7, 11) is -3.75. The quantitative estimate of drug-likeness (QED) is 0.486. The number of halogens is 1. The molecule has 0 heterocycles. The lowest BCUT2D eigenvalue weighted by Crippen LogP contribution is -2.52. The van der Waals surface area contributed by atoms with E-state index >= 15 is 0 Å². The van der Waals surface area contributed by atoms with Gasteiger partial charge in [0.25, 0.3) is 0 Å². The molecule has 7 nitrogen and oxygen atoms in total. The minimum Gasteiger partial charge on any atom is -0.352 e. The van der Waals surface area contributed by atoms with E-state index in [1.165, 1.54) is 11.3 Å². The zero-order chi connectivity index (χ0) is 26.3. The third-order valence-electron chi connectivity index (χ3n) is 6.67. The molecule has 1 aliphatic carbocycles. The molecule has 0 aliphatic heterocycles. The second-order valence-electron chi connectivity index (χ2n) is 9.46. The standard InChI is InChI=1S/C27H36ClN3O4S/c1-4-21-13-15-25(16-14-21)31(36(3,34)35)19-26(32)30(18-22-9-8-10-23(28)17-22)20(2)27(33)29-24-11-6-5-7-12-24/h8-10,13-17,20,24H,4-7,11-12,18-19H2,1-3H3,(H,29,33)/t20-/m1/s1. The minimum absolute atomic E-state index is 0.0985. The number of hydrogen-bond donors (Lipinski definition) is 1. The number of amides is 2. The van der Waals surface area contributed by atoms with Crippen LogP contribution < -0.4 is 9.62 Å². The maximum absolute atomic E-state index is 13.6. The van der Waals surface area contributed by atoms with E-state index in [4.69, 9.17) is 11.6 Å². The van der Waals surface area contributed by atoms with E-state index < -0.39 is 28.5 Å². The van der Waals surface area contributed by atoms with Gasteiger partial charge in [-0.3, -0.25) is 13.9 Å². The molecule has 3 rings (SSSR count). The monoisotopic (exact) mass is 533 g/mol. The first-order valence-corrected chi connectivity index (χ1v) is 14.7. The SMILES string of the molecule is CCc1ccc(N(CC(=O)N(Cc2cccc(Cl)c2)[C@H](C)C(=O)NC2CCCCC2)S(C)(=O)=O)cc1. The summed E-state index contributed by atoms with van der Waals surface area (Å²) >= 11 is 6.16. The molecule has 1 fully saturated rings. The first kappa shape index (κ1) is 28.0. The summed E-state index contributed by atoms with van der Waals surface area (Å²) in [6.07, 6.45) is 7.07. The number of anilines is 1. The molecular formula is C27H36ClN3O4S. The van der Waals surface area contributed by atoms with Gasteiger partial charge in [-0.15, -0.1) is 0 Å². The number of carbonyl (C=O) groups is 2. The van der Waals surface area contributed by atoms with E-state index in [2.05, 4.69) is 5.32 Å². The summed E-state index contributed by atoms with van der Waals surface area (Å²) in [5, 5.41) is 3.61. The molecule has 0 aromatic heterocycles. The van der Waals surface area contributed by atoms with Crippen LogP contribution in [0.2, 0.25) is 5.02 Å². The lowest BCUT2D eigenvalue weighted by Gasteiger charge is -2.33. The minimum atomic E-state index is -3.75. The van der Waals surface area contributed by atoms with Crippen molar-refractivity contribution in [1.29, 1.82) is 0 Å². The van der Waals surface area contributed by atoms with Crippen molar-refractivity contribution in [2.45, 2.75) is 71.0 Å². The lowest BCUT2D eigenvalue weighted by molar-refractivity contribution is -0.139. The van der Waals surface area contributed by atoms with Crippen molar-refractivity contribution in [2.24, 2.45) is 0 Å². The highest BCUT2D eigenvalue weighted by atomic mass is 35.5. The largest absolute Gasteiger partial charge is 0.352 e. The van der Waals surface area contributed by atoms with Gasteiger partial charge in [-0.2, -0.15) is 0 Å². The summed E-state index contributed by atoms with van der Waals surface area (Å²) in [5.74, 6) is -0.707. The molecule has 1 saturated carbocycles. The number of rotatable bonds is 10. The number of carbonyl (C=O) groups excluding carboxylic acids is 2. The van der Waals surface area contributed by atoms with Crippen LogP contribution in [0.1, 0.15) is 57.1 Å². The van der Waals surface area contributed by atoms with Crippen molar-refractivity contribution in [2.75, 3.05) is 17.1 Å². The molecule has 2 aromatic carbocycles. The van der Waals surface area contributed by atoms with Gasteiger partial charge in [-0.05, 0) is 61.6 Å². The third-order valence-corrected chi connectivity index (χ3v) is 8.05. The Labute approximate surface area is 219 Å². The zero-order valence-electron chi connectivity index (χ0n) is 21.2. The molecule has 9 heteroatoms. The Morgan fingerprint density at radius 3 is 2.31 bits per heavy atom. The van der Waals surface area contributed by atoms with Gasteiger partial charge in [-0.25, -0.2) is 8.42 Å². The number of aryl methyl sites for hydroxylation is 1. The summed E-state index contributed by atoms with van der Waals surface area (Å²) in [6.45, 7) is 3.42. The van der Waals surface area contributed by atoms with Crippen molar-refractivity contribution >= 4 is 39.1 Å². The number of sulfonamides is 1. The zero-order valence-corrected chi connectivity index (χ0v) is 22.8. The molecular weight excluding hydrogens is 498 g/mol. The number of nitrogens with zero attached hydrogens (tertiary/aromatic N) is 2. The molecule has 2 aromatic rings. The maximum atomic E-state index is 13.6. The average molecular weight is 534 g/mol. The summed E-state index contributed by atoms with van der Waals surface area (Å²) in [4.78, 5) is 28.2. The highest BCUT2D eigenvalue weighted by Gasteiger charge is 2.31. The number of nitrogens with one attached hydrogen (secondary N) is 1. The van der Waals surface area contributed by atoms with E-state index in [0.29, 0.717) is 10.7 Å². The summed E-state index contributed by atoms with van der Waals surface area (Å²) in [6, 6.07) is 13.5. The van der Waals surface area contributed by atoms with E-state index in [9.17, 15) is 18.0 Å². The normalized spacial score (nSPS) is 15.2. The van der Waals surface area contributed by atoms with Crippen molar-refractivity contribution in [3.63, 3.8) is 0 Å². The molecule has 1 aliphatic rings. The van der Waals surface area contributed by atoms with E-state index in [1.54, 1.807) is 37.3 Å². The Bertz CT molecular complexity index is 1150. The third kappa shape index (κ3) is 7.71. The molecule has 0 radical (unpaired) electrons. The number of hydrogen-bond acceptors (Lipinski definition) is 4. The van der Waals surface area contributed by atoms with E-state index in [-0.39, 0.29) is 18.5 Å². The van der Waals surface area contributed by atoms with Crippen LogP contribution in [-0.4, -0.2) is 50.0 Å². The fourth-order valence-electron chi connectivity index (χ4n) is 4.49. The van der Waals surface area contributed by atoms with Gasteiger partial charge >= 0.3 is 0 Å². The van der Waals surface area contributed by atoms with Crippen LogP contribution in [0.3, 0.4) is 0 Å².